The number of aliphatic carboxylic acids is 1. The number of aliphatic hydroxyl groups excluding tert-OH is 1. The van der Waals surface area contributed by atoms with Gasteiger partial charge >= 0.3 is 24.3 Å². The number of alkyl halides is 6. The molecule has 0 saturated carbocycles. The van der Waals surface area contributed by atoms with Gasteiger partial charge in [-0.2, -0.15) is 26.3 Å². The van der Waals surface area contributed by atoms with Crippen LogP contribution in [-0.4, -0.2) is 72.7 Å². The van der Waals surface area contributed by atoms with Crippen molar-refractivity contribution >= 4 is 79.9 Å². The Morgan fingerprint density at radius 1 is 0.648 bits per heavy atom. The molecule has 0 bridgehead atoms. The van der Waals surface area contributed by atoms with E-state index in [4.69, 9.17) is 46.9 Å². The summed E-state index contributed by atoms with van der Waals surface area (Å²) in [5.74, 6) is -6.32. The maximum atomic E-state index is 14.9. The predicted molar refractivity (Wildman–Crippen MR) is 248 cm³/mol. The van der Waals surface area contributed by atoms with E-state index in [2.05, 4.69) is 0 Å². The number of anilines is 2. The number of benzene rings is 6. The molecule has 8 rings (SSSR count). The fraction of sp³-hybridized carbons (Fsp3) is 0.280. The number of amides is 2. The first kappa shape index (κ1) is 50.4. The van der Waals surface area contributed by atoms with E-state index in [1.54, 1.807) is 32.9 Å². The Morgan fingerprint density at radius 2 is 1.11 bits per heavy atom. The number of aliphatic hydroxyl groups is 1. The van der Waals surface area contributed by atoms with Gasteiger partial charge in [0.1, 0.15) is 23.0 Å². The van der Waals surface area contributed by atoms with Gasteiger partial charge < -0.3 is 33.9 Å². The van der Waals surface area contributed by atoms with Crippen LogP contribution in [-0.2, 0) is 20.7 Å². The van der Waals surface area contributed by atoms with Crippen molar-refractivity contribution in [3.05, 3.63) is 128 Å². The van der Waals surface area contributed by atoms with E-state index in [0.717, 1.165) is 9.80 Å². The summed E-state index contributed by atoms with van der Waals surface area (Å²) >= 11 is 13.6. The second kappa shape index (κ2) is 19.7. The summed E-state index contributed by atoms with van der Waals surface area (Å²) in [6.07, 6.45) is -13.9. The van der Waals surface area contributed by atoms with Crippen LogP contribution in [0.15, 0.2) is 84.9 Å². The molecule has 13 nitrogen and oxygen atoms in total. The third-order valence-corrected chi connectivity index (χ3v) is 12.3. The molecule has 0 aliphatic carbocycles. The average molecular weight is 1030 g/mol. The molecule has 2 amide bonds. The molecule has 6 aromatic rings. The van der Waals surface area contributed by atoms with Gasteiger partial charge in [0.2, 0.25) is 6.23 Å². The molecule has 0 spiro atoms. The molecular formula is C50H40Cl2F6N2O11. The Labute approximate surface area is 409 Å². The van der Waals surface area contributed by atoms with E-state index in [-0.39, 0.29) is 102 Å². The molecular weight excluding hydrogens is 989 g/mol. The van der Waals surface area contributed by atoms with Gasteiger partial charge in [0.25, 0.3) is 11.8 Å². The molecule has 3 atom stereocenters. The van der Waals surface area contributed by atoms with Crippen LogP contribution in [0, 0.1) is 0 Å². The molecule has 372 valence electrons. The molecule has 0 fully saturated rings. The number of carbonyl (C=O) groups excluding carboxylic acids is 3. The summed E-state index contributed by atoms with van der Waals surface area (Å²) < 4.78 is 111. The zero-order valence-corrected chi connectivity index (χ0v) is 39.1. The molecule has 2 heterocycles. The fourth-order valence-corrected chi connectivity index (χ4v) is 9.48. The molecule has 0 saturated heterocycles. The highest BCUT2D eigenvalue weighted by molar-refractivity contribution is 6.35. The monoisotopic (exact) mass is 1030 g/mol. The van der Waals surface area contributed by atoms with E-state index in [0.29, 0.717) is 0 Å². The van der Waals surface area contributed by atoms with Crippen LogP contribution in [0.4, 0.5) is 37.7 Å². The SMILES string of the molecule is CCOc1c2c(c(OCC(F)(F)F)c3ccccc13)C(OC(=O)C(CC)c1ccc(N3C(=O)c4c(c(OCC)c5ccccc5c4OCC(F)(F)F)C3O)c(Cl)c1)N(c1ccc(CC(=O)O)cc1Cl)C2=O. The minimum Gasteiger partial charge on any atom is -0.493 e. The smallest absolute Gasteiger partial charge is 0.422 e. The van der Waals surface area contributed by atoms with Crippen molar-refractivity contribution in [1.82, 2.24) is 0 Å². The molecule has 6 aromatic carbocycles. The van der Waals surface area contributed by atoms with Crippen LogP contribution < -0.4 is 28.7 Å². The lowest BCUT2D eigenvalue weighted by Gasteiger charge is -2.29. The van der Waals surface area contributed by atoms with Gasteiger partial charge in [0, 0.05) is 21.5 Å². The highest BCUT2D eigenvalue weighted by Crippen LogP contribution is 2.54. The van der Waals surface area contributed by atoms with E-state index >= 15 is 0 Å². The third kappa shape index (κ3) is 9.52. The minimum atomic E-state index is -4.87. The molecule has 0 radical (unpaired) electrons. The Bertz CT molecular complexity index is 3130. The van der Waals surface area contributed by atoms with Gasteiger partial charge in [-0.1, -0.05) is 90.8 Å². The number of carboxylic acid groups (broad SMARTS) is 1. The van der Waals surface area contributed by atoms with Crippen molar-refractivity contribution in [2.24, 2.45) is 0 Å². The quantitative estimate of drug-likeness (QED) is 0.0701. The van der Waals surface area contributed by atoms with Crippen LogP contribution in [0.5, 0.6) is 23.0 Å². The summed E-state index contributed by atoms with van der Waals surface area (Å²) in [5, 5.41) is 21.5. The number of carboxylic acids is 1. The molecule has 2 aliphatic rings. The maximum absolute atomic E-state index is 14.9. The van der Waals surface area contributed by atoms with Crippen molar-refractivity contribution < 1.29 is 79.4 Å². The van der Waals surface area contributed by atoms with Crippen molar-refractivity contribution in [3.8, 4) is 23.0 Å². The van der Waals surface area contributed by atoms with Crippen LogP contribution in [0.1, 0.15) is 88.5 Å². The molecule has 0 aromatic heterocycles. The number of rotatable bonds is 16. The predicted octanol–water partition coefficient (Wildman–Crippen LogP) is 11.7. The van der Waals surface area contributed by atoms with Crippen LogP contribution in [0.25, 0.3) is 21.5 Å². The number of fused-ring (bicyclic) bond motifs is 4. The first-order valence-corrected chi connectivity index (χ1v) is 22.6. The Kier molecular flexibility index (Phi) is 14.0. The normalized spacial score (nSPS) is 16.1. The van der Waals surface area contributed by atoms with Crippen molar-refractivity contribution in [2.45, 2.75) is 64.3 Å². The molecule has 71 heavy (non-hydrogen) atoms. The van der Waals surface area contributed by atoms with Crippen molar-refractivity contribution in [2.75, 3.05) is 36.2 Å². The van der Waals surface area contributed by atoms with Gasteiger partial charge in [-0.25, -0.2) is 0 Å². The number of esters is 1. The summed E-state index contributed by atoms with van der Waals surface area (Å²) in [5.41, 5.74) is -1.03. The topological polar surface area (TPSA) is 161 Å². The number of hydrogen-bond donors (Lipinski definition) is 2. The number of ether oxygens (including phenoxy) is 5. The van der Waals surface area contributed by atoms with Crippen LogP contribution >= 0.6 is 23.2 Å². The Morgan fingerprint density at radius 3 is 1.63 bits per heavy atom. The zero-order chi connectivity index (χ0) is 51.3. The Balaban J connectivity index is 1.21. The van der Waals surface area contributed by atoms with Crippen molar-refractivity contribution in [1.29, 1.82) is 0 Å². The molecule has 2 N–H and O–H groups in total. The minimum absolute atomic E-state index is 0.0141. The summed E-state index contributed by atoms with van der Waals surface area (Å²) in [6, 6.07) is 20.0. The average Bonchev–Trinajstić information content (AvgIpc) is 3.72. The van der Waals surface area contributed by atoms with E-state index in [1.165, 1.54) is 72.8 Å². The summed E-state index contributed by atoms with van der Waals surface area (Å²) in [6.45, 7) is 1.31. The van der Waals surface area contributed by atoms with E-state index in [9.17, 15) is 55.7 Å². The lowest BCUT2D eigenvalue weighted by molar-refractivity contribution is -0.155. The van der Waals surface area contributed by atoms with Crippen LogP contribution in [0.2, 0.25) is 10.0 Å². The van der Waals surface area contributed by atoms with Gasteiger partial charge in [-0.15, -0.1) is 0 Å². The molecule has 3 unspecified atom stereocenters. The highest BCUT2D eigenvalue weighted by Gasteiger charge is 2.49. The number of hydrogen-bond acceptors (Lipinski definition) is 10. The molecule has 2 aliphatic heterocycles. The second-order valence-corrected chi connectivity index (χ2v) is 17.0. The summed E-state index contributed by atoms with van der Waals surface area (Å²) in [7, 11) is 0. The van der Waals surface area contributed by atoms with Crippen molar-refractivity contribution in [3.63, 3.8) is 0 Å². The van der Waals surface area contributed by atoms with E-state index < -0.39 is 91.2 Å². The largest absolute Gasteiger partial charge is 0.493 e. The Hall–Kier alpha value is -6.96. The lowest BCUT2D eigenvalue weighted by atomic mass is 9.95. The molecule has 21 heteroatoms. The number of halogens is 8. The van der Waals surface area contributed by atoms with Gasteiger partial charge in [-0.05, 0) is 55.7 Å². The van der Waals surface area contributed by atoms with Crippen LogP contribution in [0.3, 0.4) is 0 Å². The second-order valence-electron chi connectivity index (χ2n) is 16.2. The van der Waals surface area contributed by atoms with Gasteiger partial charge in [-0.3, -0.25) is 29.0 Å². The standard InChI is InChI=1S/C50H40Cl2F6N2O11/c1-4-26(25-16-18-33(32(52)21-25)59-44(63)36-37(45(59)64)42(69-22-49(53,54)55)29-13-9-7-11-27(29)40(36)67-5-2)48(66)71-47-39-38(46(65)60(47)34-17-15-24(19-31(34)51)20-35(61)62)41(68-6-3)28-12-8-10-14-30(28)43(39)70-23-50(56,57)58/h7-19,21,26,44,47,63H,4-6,20,22-23H2,1-3H3,(H,61,62). The third-order valence-electron chi connectivity index (χ3n) is 11.7. The zero-order valence-electron chi connectivity index (χ0n) is 37.5. The maximum Gasteiger partial charge on any atom is 0.422 e. The van der Waals surface area contributed by atoms with Gasteiger partial charge in [0.15, 0.2) is 19.4 Å². The fourth-order valence-electron chi connectivity index (χ4n) is 8.90. The van der Waals surface area contributed by atoms with Gasteiger partial charge in [0.05, 0.1) is 69.2 Å². The highest BCUT2D eigenvalue weighted by atomic mass is 35.5. The summed E-state index contributed by atoms with van der Waals surface area (Å²) in [4.78, 5) is 57.3. The van der Waals surface area contributed by atoms with E-state index in [1.807, 2.05) is 0 Å². The lowest BCUT2D eigenvalue weighted by Crippen LogP contribution is -2.32. The first-order chi connectivity index (χ1) is 33.7. The first-order valence-electron chi connectivity index (χ1n) is 21.9. The number of carbonyl (C=O) groups is 4. The number of nitrogens with zero attached hydrogens (tertiary/aromatic N) is 2.